The van der Waals surface area contributed by atoms with Gasteiger partial charge in [0.25, 0.3) is 5.56 Å². The van der Waals surface area contributed by atoms with Crippen LogP contribution in [0.5, 0.6) is 0 Å². The zero-order valence-electron chi connectivity index (χ0n) is 5.61. The Hall–Kier alpha value is -1.89. The van der Waals surface area contributed by atoms with E-state index in [1.54, 1.807) is 0 Å². The summed E-state index contributed by atoms with van der Waals surface area (Å²) in [5.41, 5.74) is 0.310. The molecule has 1 N–H and O–H groups in total. The maximum absolute atomic E-state index is 10.5. The van der Waals surface area contributed by atoms with Crippen LogP contribution < -0.4 is 5.56 Å². The lowest BCUT2D eigenvalue weighted by atomic mass is 10.4. The molecule has 4 nitrogen and oxygen atoms in total. The van der Waals surface area contributed by atoms with Crippen molar-refractivity contribution in [2.24, 2.45) is 0 Å². The van der Waals surface area contributed by atoms with E-state index in [1.165, 1.54) is 18.3 Å². The number of hydrogen-bond acceptors (Lipinski definition) is 3. The molecule has 0 aliphatic heterocycles. The van der Waals surface area contributed by atoms with Crippen LogP contribution in [0.3, 0.4) is 0 Å². The van der Waals surface area contributed by atoms with E-state index >= 15 is 0 Å². The predicted octanol–water partition coefficient (Wildman–Crippen LogP) is 0.307. The summed E-state index contributed by atoms with van der Waals surface area (Å²) in [5, 5.41) is 8.15. The molecule has 4 heteroatoms. The van der Waals surface area contributed by atoms with Crippen molar-refractivity contribution in [1.82, 2.24) is 9.97 Å². The Balaban J connectivity index is 2.92. The van der Waals surface area contributed by atoms with Gasteiger partial charge >= 0.3 is 0 Å². The Kier molecular flexibility index (Phi) is 2.18. The van der Waals surface area contributed by atoms with Crippen LogP contribution >= 0.6 is 0 Å². The number of hydrogen-bond donors (Lipinski definition) is 1. The number of nitrogens with one attached hydrogen (secondary N) is 1. The normalized spacial score (nSPS) is 9.73. The van der Waals surface area contributed by atoms with Crippen LogP contribution in [0.15, 0.2) is 23.3 Å². The molecular weight excluding hydrogens is 142 g/mol. The third-order valence-electron chi connectivity index (χ3n) is 1.02. The van der Waals surface area contributed by atoms with E-state index in [0.717, 1.165) is 6.20 Å². The molecule has 54 valence electrons. The number of allylic oxidation sites excluding steroid dienone is 1. The van der Waals surface area contributed by atoms with Gasteiger partial charge < -0.3 is 4.98 Å². The lowest BCUT2D eigenvalue weighted by Gasteiger charge is -1.86. The van der Waals surface area contributed by atoms with Crippen LogP contribution in [0.2, 0.25) is 0 Å². The van der Waals surface area contributed by atoms with Gasteiger partial charge in [-0.2, -0.15) is 5.26 Å². The fourth-order valence-corrected chi connectivity index (χ4v) is 0.567. The molecule has 1 rings (SSSR count). The summed E-state index contributed by atoms with van der Waals surface area (Å²) in [6.45, 7) is 0. The minimum Gasteiger partial charge on any atom is -0.326 e. The fourth-order valence-electron chi connectivity index (χ4n) is 0.567. The van der Waals surface area contributed by atoms with Crippen LogP contribution in [0, 0.1) is 11.3 Å². The molecule has 0 amide bonds. The number of aromatic amines is 1. The molecule has 1 aromatic heterocycles. The monoisotopic (exact) mass is 147 g/mol. The largest absolute Gasteiger partial charge is 0.326 e. The van der Waals surface area contributed by atoms with Gasteiger partial charge in [-0.05, 0) is 6.08 Å². The summed E-state index contributed by atoms with van der Waals surface area (Å²) in [7, 11) is 0. The highest BCUT2D eigenvalue weighted by Crippen LogP contribution is 1.89. The number of aromatic nitrogens is 2. The standard InChI is InChI=1S/C7H5N3O/c8-3-1-2-6-4-10-7(11)5-9-6/h1-2,4-5H,(H,10,11). The summed E-state index contributed by atoms with van der Waals surface area (Å²) < 4.78 is 0. The Morgan fingerprint density at radius 1 is 1.73 bits per heavy atom. The van der Waals surface area contributed by atoms with E-state index in [4.69, 9.17) is 5.26 Å². The maximum atomic E-state index is 10.5. The smallest absolute Gasteiger partial charge is 0.266 e. The second kappa shape index (κ2) is 3.32. The predicted molar refractivity (Wildman–Crippen MR) is 39.5 cm³/mol. The second-order valence-electron chi connectivity index (χ2n) is 1.80. The summed E-state index contributed by atoms with van der Waals surface area (Å²) in [6.07, 6.45) is 5.41. The van der Waals surface area contributed by atoms with Gasteiger partial charge in [-0.25, -0.2) is 4.98 Å². The molecule has 1 aromatic rings. The third kappa shape index (κ3) is 2.06. The van der Waals surface area contributed by atoms with Gasteiger partial charge in [0.2, 0.25) is 0 Å². The maximum Gasteiger partial charge on any atom is 0.266 e. The molecule has 0 fully saturated rings. The van der Waals surface area contributed by atoms with Gasteiger partial charge in [0.15, 0.2) is 0 Å². The Bertz CT molecular complexity index is 338. The second-order valence-corrected chi connectivity index (χ2v) is 1.80. The molecule has 0 unspecified atom stereocenters. The van der Waals surface area contributed by atoms with E-state index in [9.17, 15) is 4.79 Å². The summed E-state index contributed by atoms with van der Waals surface area (Å²) in [6, 6.07) is 1.82. The topological polar surface area (TPSA) is 69.5 Å². The number of nitriles is 1. The summed E-state index contributed by atoms with van der Waals surface area (Å²) >= 11 is 0. The molecule has 0 aliphatic carbocycles. The van der Waals surface area contributed by atoms with Crippen LogP contribution in [-0.2, 0) is 0 Å². The van der Waals surface area contributed by atoms with E-state index in [1.807, 2.05) is 6.07 Å². The Labute approximate surface area is 62.8 Å². The quantitative estimate of drug-likeness (QED) is 0.581. The Morgan fingerprint density at radius 3 is 3.09 bits per heavy atom. The van der Waals surface area contributed by atoms with E-state index in [0.29, 0.717) is 5.69 Å². The van der Waals surface area contributed by atoms with Crippen LogP contribution in [0.4, 0.5) is 0 Å². The summed E-state index contributed by atoms with van der Waals surface area (Å²) in [5.74, 6) is 0. The van der Waals surface area contributed by atoms with Gasteiger partial charge in [0.05, 0.1) is 18.0 Å². The highest BCUT2D eigenvalue weighted by molar-refractivity contribution is 5.45. The van der Waals surface area contributed by atoms with E-state index in [-0.39, 0.29) is 5.56 Å². The molecule has 0 aromatic carbocycles. The molecule has 0 saturated carbocycles. The van der Waals surface area contributed by atoms with Crippen molar-refractivity contribution in [2.45, 2.75) is 0 Å². The summed E-state index contributed by atoms with van der Waals surface area (Å²) in [4.78, 5) is 16.7. The minimum absolute atomic E-state index is 0.251. The van der Waals surface area contributed by atoms with Gasteiger partial charge in [-0.15, -0.1) is 0 Å². The zero-order chi connectivity index (χ0) is 8.10. The first-order valence-electron chi connectivity index (χ1n) is 2.94. The van der Waals surface area contributed by atoms with Gasteiger partial charge in [-0.3, -0.25) is 4.79 Å². The average molecular weight is 147 g/mol. The van der Waals surface area contributed by atoms with Crippen molar-refractivity contribution in [3.63, 3.8) is 0 Å². The first kappa shape index (κ1) is 7.22. The van der Waals surface area contributed by atoms with Crippen LogP contribution in [0.25, 0.3) is 6.08 Å². The van der Waals surface area contributed by atoms with Crippen molar-refractivity contribution in [2.75, 3.05) is 0 Å². The van der Waals surface area contributed by atoms with Crippen LogP contribution in [0.1, 0.15) is 5.69 Å². The van der Waals surface area contributed by atoms with Crippen molar-refractivity contribution >= 4 is 6.08 Å². The number of nitrogens with zero attached hydrogens (tertiary/aromatic N) is 2. The molecule has 0 bridgehead atoms. The highest BCUT2D eigenvalue weighted by Gasteiger charge is 1.85. The van der Waals surface area contributed by atoms with Crippen molar-refractivity contribution in [3.8, 4) is 6.07 Å². The van der Waals surface area contributed by atoms with Crippen molar-refractivity contribution in [3.05, 3.63) is 34.5 Å². The third-order valence-corrected chi connectivity index (χ3v) is 1.02. The molecule has 0 atom stereocenters. The van der Waals surface area contributed by atoms with Gasteiger partial charge in [0, 0.05) is 12.3 Å². The molecule has 11 heavy (non-hydrogen) atoms. The molecule has 0 radical (unpaired) electrons. The van der Waals surface area contributed by atoms with E-state index < -0.39 is 0 Å². The molecule has 0 saturated heterocycles. The zero-order valence-corrected chi connectivity index (χ0v) is 5.61. The highest BCUT2D eigenvalue weighted by atomic mass is 16.1. The molecule has 0 spiro atoms. The molecular formula is C7H5N3O. The van der Waals surface area contributed by atoms with Crippen LogP contribution in [-0.4, -0.2) is 9.97 Å². The lowest BCUT2D eigenvalue weighted by molar-refractivity contribution is 1.12. The first-order valence-corrected chi connectivity index (χ1v) is 2.94. The molecule has 1 heterocycles. The van der Waals surface area contributed by atoms with Gasteiger partial charge in [-0.1, -0.05) is 0 Å². The average Bonchev–Trinajstić information content (AvgIpc) is 2.04. The SMILES string of the molecule is N#CC=Cc1c[nH]c(=O)cn1. The first-order chi connectivity index (χ1) is 5.33. The van der Waals surface area contributed by atoms with Crippen molar-refractivity contribution < 1.29 is 0 Å². The van der Waals surface area contributed by atoms with Crippen molar-refractivity contribution in [1.29, 1.82) is 5.26 Å². The minimum atomic E-state index is -0.251. The molecule has 0 aliphatic rings. The lowest BCUT2D eigenvalue weighted by Crippen LogP contribution is -2.04. The van der Waals surface area contributed by atoms with E-state index in [2.05, 4.69) is 9.97 Å². The number of H-pyrrole nitrogens is 1. The van der Waals surface area contributed by atoms with Gasteiger partial charge in [0.1, 0.15) is 0 Å². The Morgan fingerprint density at radius 2 is 2.55 bits per heavy atom. The fraction of sp³-hybridized carbons (Fsp3) is 0. The number of rotatable bonds is 1.